The lowest BCUT2D eigenvalue weighted by molar-refractivity contribution is 0.0857. The summed E-state index contributed by atoms with van der Waals surface area (Å²) in [6.45, 7) is 2.14. The molecule has 0 spiro atoms. The molecule has 1 aromatic carbocycles. The third-order valence-corrected chi connectivity index (χ3v) is 7.27. The van der Waals surface area contributed by atoms with Crippen LogP contribution < -0.4 is 5.32 Å². The van der Waals surface area contributed by atoms with Crippen LogP contribution in [0.4, 0.5) is 0 Å². The first-order valence-corrected chi connectivity index (χ1v) is 11.0. The highest BCUT2D eigenvalue weighted by Gasteiger charge is 2.28. The van der Waals surface area contributed by atoms with Crippen LogP contribution in [0.15, 0.2) is 23.1 Å². The summed E-state index contributed by atoms with van der Waals surface area (Å²) in [4.78, 5) is 12.4. The predicted molar refractivity (Wildman–Crippen MR) is 100.0 cm³/mol. The summed E-state index contributed by atoms with van der Waals surface area (Å²) in [6, 6.07) is 4.41. The number of benzene rings is 1. The number of nitrogens with one attached hydrogen (secondary N) is 1. The highest BCUT2D eigenvalue weighted by molar-refractivity contribution is 7.89. The molecule has 0 saturated carbocycles. The number of halogens is 1. The smallest absolute Gasteiger partial charge is 0.251 e. The molecular formula is C18H25ClN2O4S. The summed E-state index contributed by atoms with van der Waals surface area (Å²) in [7, 11) is -3.71. The first-order chi connectivity index (χ1) is 12.5. The van der Waals surface area contributed by atoms with Crippen LogP contribution >= 0.6 is 11.6 Å². The molecule has 1 atom stereocenters. The lowest BCUT2D eigenvalue weighted by Crippen LogP contribution is -2.33. The van der Waals surface area contributed by atoms with Gasteiger partial charge in [-0.15, -0.1) is 0 Å². The number of amides is 1. The lowest BCUT2D eigenvalue weighted by Gasteiger charge is -2.21. The fraction of sp³-hybridized carbons (Fsp3) is 0.611. The number of sulfonamides is 1. The minimum Gasteiger partial charge on any atom is -0.376 e. The van der Waals surface area contributed by atoms with Crippen molar-refractivity contribution in [2.24, 2.45) is 0 Å². The number of hydrogen-bond donors (Lipinski definition) is 1. The van der Waals surface area contributed by atoms with Crippen molar-refractivity contribution < 1.29 is 17.9 Å². The van der Waals surface area contributed by atoms with E-state index in [1.807, 2.05) is 0 Å². The maximum absolute atomic E-state index is 13.0. The van der Waals surface area contributed by atoms with Crippen LogP contribution in [0.2, 0.25) is 5.02 Å². The topological polar surface area (TPSA) is 75.7 Å². The predicted octanol–water partition coefficient (Wildman–Crippen LogP) is 2.81. The summed E-state index contributed by atoms with van der Waals surface area (Å²) in [5.41, 5.74) is 0.292. The van der Waals surface area contributed by atoms with Gasteiger partial charge in [0.1, 0.15) is 4.90 Å². The van der Waals surface area contributed by atoms with E-state index in [0.717, 1.165) is 45.1 Å². The van der Waals surface area contributed by atoms with Crippen molar-refractivity contribution in [3.05, 3.63) is 28.8 Å². The van der Waals surface area contributed by atoms with Gasteiger partial charge >= 0.3 is 0 Å². The van der Waals surface area contributed by atoms with Crippen LogP contribution in [0.25, 0.3) is 0 Å². The molecule has 6 nitrogen and oxygen atoms in total. The van der Waals surface area contributed by atoms with Gasteiger partial charge in [-0.2, -0.15) is 4.31 Å². The van der Waals surface area contributed by atoms with E-state index in [0.29, 0.717) is 25.2 Å². The van der Waals surface area contributed by atoms with Crippen LogP contribution in [0.5, 0.6) is 0 Å². The van der Waals surface area contributed by atoms with Gasteiger partial charge in [0.25, 0.3) is 5.91 Å². The maximum Gasteiger partial charge on any atom is 0.251 e. The summed E-state index contributed by atoms with van der Waals surface area (Å²) in [5.74, 6) is -0.315. The van der Waals surface area contributed by atoms with E-state index in [4.69, 9.17) is 16.3 Å². The highest BCUT2D eigenvalue weighted by atomic mass is 35.5. The van der Waals surface area contributed by atoms with Crippen molar-refractivity contribution in [2.75, 3.05) is 26.2 Å². The molecule has 2 heterocycles. The van der Waals surface area contributed by atoms with Gasteiger partial charge in [0, 0.05) is 31.8 Å². The van der Waals surface area contributed by atoms with Crippen LogP contribution in [0.3, 0.4) is 0 Å². The van der Waals surface area contributed by atoms with E-state index >= 15 is 0 Å². The van der Waals surface area contributed by atoms with Gasteiger partial charge in [-0.05, 0) is 43.9 Å². The summed E-state index contributed by atoms with van der Waals surface area (Å²) in [5, 5.41) is 2.96. The van der Waals surface area contributed by atoms with Crippen molar-refractivity contribution in [3.63, 3.8) is 0 Å². The van der Waals surface area contributed by atoms with E-state index in [1.54, 1.807) is 6.07 Å². The zero-order valence-electron chi connectivity index (χ0n) is 14.7. The number of nitrogens with zero attached hydrogens (tertiary/aromatic N) is 1. The Balaban J connectivity index is 1.76. The third-order valence-electron chi connectivity index (χ3n) is 4.89. The maximum atomic E-state index is 13.0. The minimum atomic E-state index is -3.71. The average molecular weight is 401 g/mol. The molecule has 2 aliphatic rings. The molecule has 1 amide bonds. The Hall–Kier alpha value is -1.15. The Morgan fingerprint density at radius 2 is 1.92 bits per heavy atom. The SMILES string of the molecule is O=C(NCC1CCCO1)c1ccc(Cl)c(S(=O)(=O)N2CCCCCC2)c1. The Bertz CT molecular complexity index is 740. The van der Waals surface area contributed by atoms with Crippen molar-refractivity contribution in [1.82, 2.24) is 9.62 Å². The zero-order valence-corrected chi connectivity index (χ0v) is 16.3. The molecule has 1 N–H and O–H groups in total. The van der Waals surface area contributed by atoms with Crippen LogP contribution in [0.1, 0.15) is 48.9 Å². The van der Waals surface area contributed by atoms with Crippen molar-refractivity contribution in [1.29, 1.82) is 0 Å². The number of hydrogen-bond acceptors (Lipinski definition) is 4. The Morgan fingerprint density at radius 3 is 2.58 bits per heavy atom. The van der Waals surface area contributed by atoms with Gasteiger partial charge in [0.2, 0.25) is 10.0 Å². The quantitative estimate of drug-likeness (QED) is 0.824. The second kappa shape index (κ2) is 8.69. The van der Waals surface area contributed by atoms with E-state index in [2.05, 4.69) is 5.32 Å². The molecule has 3 rings (SSSR count). The molecule has 1 unspecified atom stereocenters. The van der Waals surface area contributed by atoms with Crippen LogP contribution in [-0.4, -0.2) is 51.0 Å². The molecule has 2 fully saturated rings. The summed E-state index contributed by atoms with van der Waals surface area (Å²) >= 11 is 6.17. The van der Waals surface area contributed by atoms with Gasteiger partial charge in [0.15, 0.2) is 0 Å². The molecule has 2 saturated heterocycles. The number of ether oxygens (including phenoxy) is 1. The Kier molecular flexibility index (Phi) is 6.55. The van der Waals surface area contributed by atoms with Crippen LogP contribution in [0, 0.1) is 0 Å². The number of carbonyl (C=O) groups is 1. The molecule has 0 radical (unpaired) electrons. The lowest BCUT2D eigenvalue weighted by atomic mass is 10.2. The molecule has 8 heteroatoms. The van der Waals surface area contributed by atoms with Crippen molar-refractivity contribution in [3.8, 4) is 0 Å². The largest absolute Gasteiger partial charge is 0.376 e. The molecule has 2 aliphatic heterocycles. The highest BCUT2D eigenvalue weighted by Crippen LogP contribution is 2.27. The monoisotopic (exact) mass is 400 g/mol. The van der Waals surface area contributed by atoms with Crippen molar-refractivity contribution in [2.45, 2.75) is 49.5 Å². The second-order valence-corrected chi connectivity index (χ2v) is 9.12. The molecule has 0 bridgehead atoms. The molecule has 144 valence electrons. The standard InChI is InChI=1S/C18H25ClN2O4S/c19-16-8-7-14(18(22)20-13-15-6-5-11-25-15)12-17(16)26(23,24)21-9-3-1-2-4-10-21/h7-8,12,15H,1-6,9-11,13H2,(H,20,22). The fourth-order valence-corrected chi connectivity index (χ4v) is 5.39. The molecule has 0 aromatic heterocycles. The van der Waals surface area contributed by atoms with E-state index in [1.165, 1.54) is 16.4 Å². The first kappa shape index (κ1) is 19.6. The normalized spacial score (nSPS) is 22.1. The average Bonchev–Trinajstić information content (AvgIpc) is 2.99. The van der Waals surface area contributed by atoms with Crippen molar-refractivity contribution >= 4 is 27.5 Å². The zero-order chi connectivity index (χ0) is 18.6. The van der Waals surface area contributed by atoms with E-state index in [-0.39, 0.29) is 21.9 Å². The summed E-state index contributed by atoms with van der Waals surface area (Å²) < 4.78 is 33.0. The number of rotatable bonds is 5. The molecule has 1 aromatic rings. The van der Waals surface area contributed by atoms with Gasteiger partial charge in [-0.25, -0.2) is 8.42 Å². The van der Waals surface area contributed by atoms with Gasteiger partial charge < -0.3 is 10.1 Å². The van der Waals surface area contributed by atoms with E-state index < -0.39 is 10.0 Å². The summed E-state index contributed by atoms with van der Waals surface area (Å²) in [6.07, 6.45) is 5.72. The molecule has 26 heavy (non-hydrogen) atoms. The van der Waals surface area contributed by atoms with E-state index in [9.17, 15) is 13.2 Å². The van der Waals surface area contributed by atoms with Gasteiger partial charge in [-0.3, -0.25) is 4.79 Å². The van der Waals surface area contributed by atoms with Gasteiger partial charge in [-0.1, -0.05) is 24.4 Å². The molecular weight excluding hydrogens is 376 g/mol. The third kappa shape index (κ3) is 4.57. The fourth-order valence-electron chi connectivity index (χ4n) is 3.38. The second-order valence-electron chi connectivity index (χ2n) is 6.81. The first-order valence-electron chi connectivity index (χ1n) is 9.18. The van der Waals surface area contributed by atoms with Gasteiger partial charge in [0.05, 0.1) is 11.1 Å². The van der Waals surface area contributed by atoms with Crippen LogP contribution in [-0.2, 0) is 14.8 Å². The Morgan fingerprint density at radius 1 is 1.19 bits per heavy atom. The Labute approximate surface area is 159 Å². The molecule has 0 aliphatic carbocycles. The number of carbonyl (C=O) groups excluding carboxylic acids is 1. The minimum absolute atomic E-state index is 0.00540.